The summed E-state index contributed by atoms with van der Waals surface area (Å²) in [5, 5.41) is 8.90. The van der Waals surface area contributed by atoms with Gasteiger partial charge in [-0.05, 0) is 29.9 Å². The molecule has 2 rings (SSSR count). The number of aliphatic carboxylic acids is 1. The van der Waals surface area contributed by atoms with Crippen LogP contribution in [0.3, 0.4) is 0 Å². The molecule has 0 radical (unpaired) electrons. The molecule has 19 heavy (non-hydrogen) atoms. The Kier molecular flexibility index (Phi) is 4.78. The van der Waals surface area contributed by atoms with E-state index in [4.69, 9.17) is 5.11 Å². The standard InChI is InChI=1S/C17H22O2/c1-13(17(18)19)11-14-7-6-10-16(12-14)15-8-4-2-3-5-9-15/h6-7,10,12,15H,1-5,8-9,11H2,(H,18,19). The third kappa shape index (κ3) is 3.95. The molecule has 2 heteroatoms. The smallest absolute Gasteiger partial charge is 0.331 e. The van der Waals surface area contributed by atoms with Crippen LogP contribution in [0.1, 0.15) is 55.6 Å². The second-order valence-corrected chi connectivity index (χ2v) is 5.52. The van der Waals surface area contributed by atoms with Gasteiger partial charge in [-0.25, -0.2) is 4.79 Å². The maximum absolute atomic E-state index is 10.8. The zero-order valence-corrected chi connectivity index (χ0v) is 11.4. The first-order valence-corrected chi connectivity index (χ1v) is 7.16. The van der Waals surface area contributed by atoms with Crippen LogP contribution in [0.5, 0.6) is 0 Å². The number of rotatable bonds is 4. The van der Waals surface area contributed by atoms with Crippen molar-refractivity contribution in [3.63, 3.8) is 0 Å². The number of carboxylic acids is 1. The molecule has 0 spiro atoms. The van der Waals surface area contributed by atoms with Crippen molar-refractivity contribution in [3.05, 3.63) is 47.5 Å². The number of carbonyl (C=O) groups is 1. The predicted octanol–water partition coefficient (Wildman–Crippen LogP) is 4.31. The molecule has 1 aromatic rings. The Balaban J connectivity index is 2.09. The molecule has 0 heterocycles. The monoisotopic (exact) mass is 258 g/mol. The summed E-state index contributed by atoms with van der Waals surface area (Å²) < 4.78 is 0. The minimum Gasteiger partial charge on any atom is -0.478 e. The van der Waals surface area contributed by atoms with E-state index in [0.717, 1.165) is 5.56 Å². The highest BCUT2D eigenvalue weighted by atomic mass is 16.4. The Morgan fingerprint density at radius 3 is 2.53 bits per heavy atom. The molecular formula is C17H22O2. The molecule has 0 aliphatic heterocycles. The Labute approximate surface area is 115 Å². The van der Waals surface area contributed by atoms with Gasteiger partial charge in [0.15, 0.2) is 0 Å². The summed E-state index contributed by atoms with van der Waals surface area (Å²) in [5.74, 6) is -0.250. The first kappa shape index (κ1) is 13.9. The molecule has 1 N–H and O–H groups in total. The summed E-state index contributed by atoms with van der Waals surface area (Å²) >= 11 is 0. The van der Waals surface area contributed by atoms with Gasteiger partial charge in [-0.2, -0.15) is 0 Å². The lowest BCUT2D eigenvalue weighted by atomic mass is 9.90. The summed E-state index contributed by atoms with van der Waals surface area (Å²) in [7, 11) is 0. The highest BCUT2D eigenvalue weighted by molar-refractivity contribution is 5.86. The van der Waals surface area contributed by atoms with Crippen molar-refractivity contribution in [2.75, 3.05) is 0 Å². The topological polar surface area (TPSA) is 37.3 Å². The third-order valence-corrected chi connectivity index (χ3v) is 4.00. The SMILES string of the molecule is C=C(Cc1cccc(C2CCCCCC2)c1)C(=O)O. The van der Waals surface area contributed by atoms with Gasteiger partial charge < -0.3 is 5.11 Å². The Morgan fingerprint density at radius 1 is 1.21 bits per heavy atom. The van der Waals surface area contributed by atoms with E-state index in [-0.39, 0.29) is 5.57 Å². The number of carboxylic acid groups (broad SMARTS) is 1. The Bertz CT molecular complexity index is 454. The van der Waals surface area contributed by atoms with Gasteiger partial charge in [0.2, 0.25) is 0 Å². The van der Waals surface area contributed by atoms with Crippen LogP contribution in [0.2, 0.25) is 0 Å². The van der Waals surface area contributed by atoms with Crippen LogP contribution < -0.4 is 0 Å². The van der Waals surface area contributed by atoms with Crippen molar-refractivity contribution in [2.24, 2.45) is 0 Å². The highest BCUT2D eigenvalue weighted by Crippen LogP contribution is 2.32. The average molecular weight is 258 g/mol. The van der Waals surface area contributed by atoms with E-state index >= 15 is 0 Å². The molecule has 2 nitrogen and oxygen atoms in total. The maximum Gasteiger partial charge on any atom is 0.331 e. The highest BCUT2D eigenvalue weighted by Gasteiger charge is 2.15. The molecule has 102 valence electrons. The zero-order valence-electron chi connectivity index (χ0n) is 11.4. The summed E-state index contributed by atoms with van der Waals surface area (Å²) in [6.07, 6.45) is 8.31. The van der Waals surface area contributed by atoms with Crippen LogP contribution in [0.4, 0.5) is 0 Å². The molecular weight excluding hydrogens is 236 g/mol. The van der Waals surface area contributed by atoms with E-state index in [1.807, 2.05) is 12.1 Å². The quantitative estimate of drug-likeness (QED) is 0.645. The summed E-state index contributed by atoms with van der Waals surface area (Å²) in [6, 6.07) is 8.39. The molecule has 0 aromatic heterocycles. The van der Waals surface area contributed by atoms with Gasteiger partial charge >= 0.3 is 5.97 Å². The predicted molar refractivity (Wildman–Crippen MR) is 77.4 cm³/mol. The molecule has 0 amide bonds. The fourth-order valence-corrected chi connectivity index (χ4v) is 2.89. The van der Waals surface area contributed by atoms with E-state index in [0.29, 0.717) is 12.3 Å². The van der Waals surface area contributed by atoms with Crippen molar-refractivity contribution in [2.45, 2.75) is 50.9 Å². The number of hydrogen-bond donors (Lipinski definition) is 1. The minimum absolute atomic E-state index is 0.262. The van der Waals surface area contributed by atoms with Crippen molar-refractivity contribution >= 4 is 5.97 Å². The largest absolute Gasteiger partial charge is 0.478 e. The van der Waals surface area contributed by atoms with Gasteiger partial charge in [0, 0.05) is 12.0 Å². The maximum atomic E-state index is 10.8. The van der Waals surface area contributed by atoms with E-state index in [1.165, 1.54) is 44.1 Å². The van der Waals surface area contributed by atoms with E-state index < -0.39 is 5.97 Å². The van der Waals surface area contributed by atoms with Crippen molar-refractivity contribution in [3.8, 4) is 0 Å². The fourth-order valence-electron chi connectivity index (χ4n) is 2.89. The van der Waals surface area contributed by atoms with Crippen molar-refractivity contribution < 1.29 is 9.90 Å². The van der Waals surface area contributed by atoms with Gasteiger partial charge in [-0.3, -0.25) is 0 Å². The summed E-state index contributed by atoms with van der Waals surface area (Å²) in [6.45, 7) is 3.61. The Hall–Kier alpha value is -1.57. The molecule has 1 aromatic carbocycles. The number of benzene rings is 1. The zero-order chi connectivity index (χ0) is 13.7. The molecule has 1 fully saturated rings. The van der Waals surface area contributed by atoms with E-state index in [1.54, 1.807) is 0 Å². The van der Waals surface area contributed by atoms with Crippen LogP contribution in [-0.4, -0.2) is 11.1 Å². The lowest BCUT2D eigenvalue weighted by molar-refractivity contribution is -0.132. The van der Waals surface area contributed by atoms with E-state index in [9.17, 15) is 4.79 Å². The molecule has 1 aliphatic rings. The van der Waals surface area contributed by atoms with E-state index in [2.05, 4.69) is 18.7 Å². The van der Waals surface area contributed by atoms with Gasteiger partial charge in [0.05, 0.1) is 0 Å². The second-order valence-electron chi connectivity index (χ2n) is 5.52. The molecule has 1 saturated carbocycles. The first-order valence-electron chi connectivity index (χ1n) is 7.16. The lowest BCUT2D eigenvalue weighted by Crippen LogP contribution is -2.03. The van der Waals surface area contributed by atoms with Crippen LogP contribution in [0, 0.1) is 0 Å². The number of hydrogen-bond acceptors (Lipinski definition) is 1. The van der Waals surface area contributed by atoms with Crippen LogP contribution in [-0.2, 0) is 11.2 Å². The molecule has 0 unspecified atom stereocenters. The van der Waals surface area contributed by atoms with Gasteiger partial charge in [0.1, 0.15) is 0 Å². The van der Waals surface area contributed by atoms with Crippen LogP contribution in [0.15, 0.2) is 36.4 Å². The summed E-state index contributed by atoms with van der Waals surface area (Å²) in [4.78, 5) is 10.8. The average Bonchev–Trinajstić information content (AvgIpc) is 2.67. The van der Waals surface area contributed by atoms with Crippen LogP contribution in [0.25, 0.3) is 0 Å². The molecule has 0 atom stereocenters. The van der Waals surface area contributed by atoms with Gasteiger partial charge in [0.25, 0.3) is 0 Å². The Morgan fingerprint density at radius 2 is 1.89 bits per heavy atom. The van der Waals surface area contributed by atoms with Crippen molar-refractivity contribution in [1.82, 2.24) is 0 Å². The van der Waals surface area contributed by atoms with Crippen molar-refractivity contribution in [1.29, 1.82) is 0 Å². The van der Waals surface area contributed by atoms with Crippen LogP contribution >= 0.6 is 0 Å². The second kappa shape index (κ2) is 6.55. The molecule has 0 bridgehead atoms. The fraction of sp³-hybridized carbons (Fsp3) is 0.471. The lowest BCUT2D eigenvalue weighted by Gasteiger charge is -2.15. The van der Waals surface area contributed by atoms with Gasteiger partial charge in [-0.1, -0.05) is 56.5 Å². The third-order valence-electron chi connectivity index (χ3n) is 4.00. The molecule has 1 aliphatic carbocycles. The molecule has 0 saturated heterocycles. The minimum atomic E-state index is -0.903. The first-order chi connectivity index (χ1) is 9.16. The normalized spacial score (nSPS) is 16.8. The van der Waals surface area contributed by atoms with Gasteiger partial charge in [-0.15, -0.1) is 0 Å². The summed E-state index contributed by atoms with van der Waals surface area (Å²) in [5.41, 5.74) is 2.70.